The van der Waals surface area contributed by atoms with Crippen LogP contribution in [0.3, 0.4) is 0 Å². The molecule has 0 N–H and O–H groups in total. The Balaban J connectivity index is 2.48. The van der Waals surface area contributed by atoms with E-state index in [1.165, 1.54) is 13.3 Å². The number of aliphatic imine (C=N–C) groups is 1. The average Bonchev–Trinajstić information content (AvgIpc) is 2.30. The normalized spacial score (nSPS) is 22.0. The molecule has 0 atom stereocenters. The highest BCUT2D eigenvalue weighted by Gasteiger charge is 2.38. The molecule has 0 spiro atoms. The average molecular weight is 304 g/mol. The minimum atomic E-state index is -4.73. The summed E-state index contributed by atoms with van der Waals surface area (Å²) in [6.07, 6.45) is -2.49. The van der Waals surface area contributed by atoms with Crippen molar-refractivity contribution in [1.82, 2.24) is 4.57 Å². The van der Waals surface area contributed by atoms with Crippen LogP contribution in [0.2, 0.25) is 0 Å². The highest BCUT2D eigenvalue weighted by Crippen LogP contribution is 2.35. The van der Waals surface area contributed by atoms with Gasteiger partial charge in [0, 0.05) is 19.3 Å². The van der Waals surface area contributed by atoms with Crippen LogP contribution in [0, 0.1) is 0 Å². The fraction of sp³-hybridized carbons (Fsp3) is 0.500. The second-order valence-electron chi connectivity index (χ2n) is 4.51. The van der Waals surface area contributed by atoms with Crippen LogP contribution in [0.4, 0.5) is 18.9 Å². The first kappa shape index (κ1) is 14.9. The Morgan fingerprint density at radius 2 is 2.15 bits per heavy atom. The highest BCUT2D eigenvalue weighted by molar-refractivity contribution is 7.78. The van der Waals surface area contributed by atoms with Crippen molar-refractivity contribution in [3.8, 4) is 0 Å². The third kappa shape index (κ3) is 2.82. The van der Waals surface area contributed by atoms with E-state index >= 15 is 0 Å². The number of rotatable bonds is 3. The predicted molar refractivity (Wildman–Crippen MR) is 69.5 cm³/mol. The summed E-state index contributed by atoms with van der Waals surface area (Å²) in [5.74, 6) is 0. The maximum absolute atomic E-state index is 12.9. The number of alkyl halides is 3. The summed E-state index contributed by atoms with van der Waals surface area (Å²) < 4.78 is 44.7. The van der Waals surface area contributed by atoms with Crippen LogP contribution in [0.1, 0.15) is 24.4 Å². The number of nitrogens with zero attached hydrogens (tertiary/aromatic N) is 2. The van der Waals surface area contributed by atoms with Crippen LogP contribution >= 0.6 is 12.2 Å². The monoisotopic (exact) mass is 304 g/mol. The zero-order valence-corrected chi connectivity index (χ0v) is 11.3. The first-order valence-electron chi connectivity index (χ1n) is 5.81. The van der Waals surface area contributed by atoms with E-state index in [0.29, 0.717) is 18.9 Å². The van der Waals surface area contributed by atoms with Crippen molar-refractivity contribution in [3.05, 3.63) is 28.2 Å². The summed E-state index contributed by atoms with van der Waals surface area (Å²) in [5.41, 5.74) is -2.35. The van der Waals surface area contributed by atoms with Crippen LogP contribution in [0.25, 0.3) is 0 Å². The van der Waals surface area contributed by atoms with Gasteiger partial charge in [-0.25, -0.2) is 0 Å². The summed E-state index contributed by atoms with van der Waals surface area (Å²) in [4.78, 5) is 15.5. The Kier molecular flexibility index (Phi) is 4.08. The molecular weight excluding hydrogens is 293 g/mol. The maximum atomic E-state index is 12.9. The number of hydrogen-bond acceptors (Lipinski definition) is 4. The van der Waals surface area contributed by atoms with Gasteiger partial charge in [0.1, 0.15) is 5.56 Å². The lowest BCUT2D eigenvalue weighted by Gasteiger charge is -2.35. The largest absolute Gasteiger partial charge is 0.421 e. The fourth-order valence-electron chi connectivity index (χ4n) is 2.13. The summed E-state index contributed by atoms with van der Waals surface area (Å²) >= 11 is 4.39. The Morgan fingerprint density at radius 3 is 2.65 bits per heavy atom. The molecule has 108 valence electrons. The van der Waals surface area contributed by atoms with Crippen molar-refractivity contribution in [2.75, 3.05) is 7.11 Å². The molecule has 1 aromatic rings. The number of aromatic nitrogens is 1. The van der Waals surface area contributed by atoms with E-state index in [1.807, 2.05) is 5.16 Å². The first-order chi connectivity index (χ1) is 9.36. The predicted octanol–water partition coefficient (Wildman–Crippen LogP) is 2.95. The molecule has 0 unspecified atom stereocenters. The van der Waals surface area contributed by atoms with Crippen molar-refractivity contribution in [1.29, 1.82) is 0 Å². The molecule has 1 fully saturated rings. The maximum Gasteiger partial charge on any atom is 0.421 e. The lowest BCUT2D eigenvalue weighted by Crippen LogP contribution is -2.39. The first-order valence-corrected chi connectivity index (χ1v) is 6.21. The topological polar surface area (TPSA) is 43.6 Å². The third-order valence-corrected chi connectivity index (χ3v) is 3.40. The summed E-state index contributed by atoms with van der Waals surface area (Å²) in [6, 6.07) is 0.374. The molecular formula is C12H11F3N2O2S. The standard InChI is InChI=1S/C12H11F3N2O2S/c1-19-9-3-8(4-9)17-5-7(16-6-20)2-10(11(17)18)12(13,14)15/h2,5,8-9H,3-4H2,1H3/t8-,9+. The van der Waals surface area contributed by atoms with Crippen LogP contribution in [-0.2, 0) is 10.9 Å². The molecule has 2 rings (SSSR count). The van der Waals surface area contributed by atoms with Gasteiger partial charge in [0.15, 0.2) is 0 Å². The molecule has 8 heteroatoms. The van der Waals surface area contributed by atoms with Crippen molar-refractivity contribution in [3.63, 3.8) is 0 Å². The number of hydrogen-bond donors (Lipinski definition) is 0. The number of ether oxygens (including phenoxy) is 1. The smallest absolute Gasteiger partial charge is 0.381 e. The van der Waals surface area contributed by atoms with Crippen LogP contribution < -0.4 is 5.56 Å². The molecule has 0 bridgehead atoms. The highest BCUT2D eigenvalue weighted by atomic mass is 32.1. The van der Waals surface area contributed by atoms with Crippen molar-refractivity contribution in [2.45, 2.75) is 31.2 Å². The Morgan fingerprint density at radius 1 is 1.50 bits per heavy atom. The van der Waals surface area contributed by atoms with E-state index in [1.54, 1.807) is 0 Å². The van der Waals surface area contributed by atoms with Gasteiger partial charge < -0.3 is 9.30 Å². The van der Waals surface area contributed by atoms with Gasteiger partial charge in [-0.1, -0.05) is 0 Å². The molecule has 0 radical (unpaired) electrons. The van der Waals surface area contributed by atoms with Gasteiger partial charge in [-0.2, -0.15) is 18.2 Å². The Bertz CT molecular complexity index is 614. The number of pyridine rings is 1. The van der Waals surface area contributed by atoms with E-state index in [0.717, 1.165) is 4.57 Å². The van der Waals surface area contributed by atoms with E-state index < -0.39 is 17.3 Å². The lowest BCUT2D eigenvalue weighted by molar-refractivity contribution is -0.139. The van der Waals surface area contributed by atoms with Gasteiger partial charge in [-0.3, -0.25) is 4.79 Å². The Labute approximate surface area is 117 Å². The fourth-order valence-corrected chi connectivity index (χ4v) is 2.24. The van der Waals surface area contributed by atoms with Crippen LogP contribution in [0.15, 0.2) is 22.1 Å². The molecule has 0 aromatic carbocycles. The summed E-state index contributed by atoms with van der Waals surface area (Å²) in [7, 11) is 1.53. The quantitative estimate of drug-likeness (QED) is 0.637. The van der Waals surface area contributed by atoms with Crippen molar-refractivity contribution >= 4 is 23.1 Å². The number of halogens is 3. The van der Waals surface area contributed by atoms with Gasteiger partial charge in [-0.05, 0) is 31.1 Å². The molecule has 1 aliphatic rings. The van der Waals surface area contributed by atoms with E-state index in [4.69, 9.17) is 4.74 Å². The molecule has 1 aliphatic carbocycles. The number of thiocarbonyl (C=S) groups is 1. The summed E-state index contributed by atoms with van der Waals surface area (Å²) in [5, 5.41) is 2.01. The van der Waals surface area contributed by atoms with E-state index in [2.05, 4.69) is 17.2 Å². The second-order valence-corrected chi connectivity index (χ2v) is 4.69. The molecule has 1 heterocycles. The van der Waals surface area contributed by atoms with Gasteiger partial charge in [0.25, 0.3) is 5.56 Å². The molecule has 1 saturated carbocycles. The molecule has 1 aromatic heterocycles. The number of methoxy groups -OCH3 is 1. The summed E-state index contributed by atoms with van der Waals surface area (Å²) in [6.45, 7) is 0. The zero-order chi connectivity index (χ0) is 14.9. The van der Waals surface area contributed by atoms with E-state index in [-0.39, 0.29) is 17.8 Å². The lowest BCUT2D eigenvalue weighted by atomic mass is 9.89. The minimum Gasteiger partial charge on any atom is -0.381 e. The molecule has 0 aliphatic heterocycles. The third-order valence-electron chi connectivity index (χ3n) is 3.31. The number of isothiocyanates is 1. The van der Waals surface area contributed by atoms with E-state index in [9.17, 15) is 18.0 Å². The van der Waals surface area contributed by atoms with Crippen molar-refractivity contribution in [2.24, 2.45) is 4.99 Å². The van der Waals surface area contributed by atoms with Crippen LogP contribution in [0.5, 0.6) is 0 Å². The van der Waals surface area contributed by atoms with Gasteiger partial charge in [0.2, 0.25) is 0 Å². The molecule has 0 amide bonds. The molecule has 4 nitrogen and oxygen atoms in total. The molecule has 0 saturated heterocycles. The SMILES string of the molecule is CO[C@H]1C[C@@H](n2cc(N=C=S)cc(C(F)(F)F)c2=O)C1. The van der Waals surface area contributed by atoms with Crippen molar-refractivity contribution < 1.29 is 17.9 Å². The van der Waals surface area contributed by atoms with Crippen LogP contribution in [-0.4, -0.2) is 22.9 Å². The minimum absolute atomic E-state index is 0.0288. The second kappa shape index (κ2) is 5.47. The van der Waals surface area contributed by atoms with Gasteiger partial charge >= 0.3 is 6.18 Å². The molecule has 20 heavy (non-hydrogen) atoms. The van der Waals surface area contributed by atoms with Gasteiger partial charge in [-0.15, -0.1) is 0 Å². The zero-order valence-electron chi connectivity index (χ0n) is 10.5. The van der Waals surface area contributed by atoms with Gasteiger partial charge in [0.05, 0.1) is 17.0 Å². The Hall–Kier alpha value is -1.50.